The number of likely N-dealkylation sites (tertiary alicyclic amines) is 1. The van der Waals surface area contributed by atoms with Crippen LogP contribution in [0.2, 0.25) is 4.34 Å². The molecule has 2 saturated heterocycles. The number of pyridine rings is 1. The van der Waals surface area contributed by atoms with Crippen molar-refractivity contribution in [2.45, 2.75) is 37.5 Å². The Morgan fingerprint density at radius 1 is 1.26 bits per heavy atom. The van der Waals surface area contributed by atoms with Gasteiger partial charge in [-0.25, -0.2) is 23.9 Å². The van der Waals surface area contributed by atoms with Crippen molar-refractivity contribution in [2.75, 3.05) is 50.5 Å². The van der Waals surface area contributed by atoms with Crippen molar-refractivity contribution in [2.24, 2.45) is 0 Å². The Bertz CT molecular complexity index is 1040. The Kier molecular flexibility index (Phi) is 8.24. The van der Waals surface area contributed by atoms with Gasteiger partial charge in [-0.3, -0.25) is 5.32 Å². The fourth-order valence-electron chi connectivity index (χ4n) is 4.21. The van der Waals surface area contributed by atoms with Crippen molar-refractivity contribution in [3.8, 4) is 5.75 Å². The molecule has 2 atom stereocenters. The highest BCUT2D eigenvalue weighted by atomic mass is 35.5. The van der Waals surface area contributed by atoms with E-state index in [-0.39, 0.29) is 19.0 Å². The first-order valence-electron chi connectivity index (χ1n) is 11.5. The lowest BCUT2D eigenvalue weighted by atomic mass is 10.0. The van der Waals surface area contributed by atoms with Gasteiger partial charge in [-0.05, 0) is 45.5 Å². The molecule has 10 nitrogen and oxygen atoms in total. The molecule has 2 fully saturated rings. The van der Waals surface area contributed by atoms with E-state index >= 15 is 0 Å². The van der Waals surface area contributed by atoms with E-state index < -0.39 is 24.3 Å². The van der Waals surface area contributed by atoms with Crippen LogP contribution in [0.4, 0.5) is 24.9 Å². The van der Waals surface area contributed by atoms with Gasteiger partial charge in [-0.15, -0.1) is 0 Å². The van der Waals surface area contributed by atoms with E-state index in [4.69, 9.17) is 16.3 Å². The number of alkyl halides is 1. The third-order valence-electron chi connectivity index (χ3n) is 6.30. The molecular formula is C22H29ClFN7O3S. The minimum Gasteiger partial charge on any atom is -0.410 e. The maximum atomic E-state index is 14.8. The number of amides is 3. The minimum atomic E-state index is -1.19. The molecule has 4 rings (SSSR count). The summed E-state index contributed by atoms with van der Waals surface area (Å²) in [5.41, 5.74) is 0. The Balaban J connectivity index is 1.35. The van der Waals surface area contributed by atoms with Crippen LogP contribution in [0.15, 0.2) is 24.5 Å². The molecule has 2 N–H and O–H groups in total. The van der Waals surface area contributed by atoms with E-state index in [2.05, 4.69) is 32.5 Å². The predicted octanol–water partition coefficient (Wildman–Crippen LogP) is 3.45. The summed E-state index contributed by atoms with van der Waals surface area (Å²) in [5.74, 6) is 0.901. The molecule has 2 aliphatic heterocycles. The number of halogens is 2. The average Bonchev–Trinajstić information content (AvgIpc) is 3.25. The van der Waals surface area contributed by atoms with Crippen LogP contribution < -0.4 is 20.3 Å². The smallest absolute Gasteiger partial charge is 0.410 e. The summed E-state index contributed by atoms with van der Waals surface area (Å²) in [6, 6.07) is 2.18. The number of rotatable bonds is 5. The fourth-order valence-corrected chi connectivity index (χ4v) is 5.01. The highest BCUT2D eigenvalue weighted by Crippen LogP contribution is 2.27. The van der Waals surface area contributed by atoms with Gasteiger partial charge in [0, 0.05) is 38.4 Å². The Hall–Kier alpha value is -2.70. The number of thiazole rings is 1. The minimum absolute atomic E-state index is 0.0893. The zero-order chi connectivity index (χ0) is 24.9. The molecular weight excluding hydrogens is 497 g/mol. The highest BCUT2D eigenvalue weighted by molar-refractivity contribution is 7.19. The summed E-state index contributed by atoms with van der Waals surface area (Å²) in [7, 11) is 3.61. The third-order valence-corrected chi connectivity index (χ3v) is 7.33. The number of nitrogens with zero attached hydrogens (tertiary/aromatic N) is 5. The number of carbonyl (C=O) groups is 2. The number of hydrogen-bond acceptors (Lipinski definition) is 8. The monoisotopic (exact) mass is 525 g/mol. The summed E-state index contributed by atoms with van der Waals surface area (Å²) in [5, 5.41) is 5.90. The van der Waals surface area contributed by atoms with Crippen LogP contribution in [0.25, 0.3) is 0 Å². The van der Waals surface area contributed by atoms with Crippen molar-refractivity contribution in [1.29, 1.82) is 0 Å². The van der Waals surface area contributed by atoms with Crippen molar-refractivity contribution in [1.82, 2.24) is 25.1 Å². The van der Waals surface area contributed by atoms with E-state index in [9.17, 15) is 14.0 Å². The van der Waals surface area contributed by atoms with Gasteiger partial charge in [0.1, 0.15) is 22.1 Å². The number of piperidine rings is 2. The van der Waals surface area contributed by atoms with Crippen molar-refractivity contribution < 1.29 is 18.7 Å². The van der Waals surface area contributed by atoms with E-state index in [0.29, 0.717) is 27.6 Å². The summed E-state index contributed by atoms with van der Waals surface area (Å²) in [4.78, 5) is 38.8. The van der Waals surface area contributed by atoms with Gasteiger partial charge in [0.2, 0.25) is 0 Å². The molecule has 0 unspecified atom stereocenters. The number of carbonyl (C=O) groups excluding carboxylic acids is 2. The lowest BCUT2D eigenvalue weighted by Gasteiger charge is -2.40. The average molecular weight is 526 g/mol. The summed E-state index contributed by atoms with van der Waals surface area (Å²) in [6.45, 7) is 2.52. The molecule has 190 valence electrons. The van der Waals surface area contributed by atoms with Gasteiger partial charge >= 0.3 is 12.1 Å². The lowest BCUT2D eigenvalue weighted by Crippen LogP contribution is -2.55. The zero-order valence-corrected chi connectivity index (χ0v) is 21.2. The Morgan fingerprint density at radius 3 is 2.74 bits per heavy atom. The van der Waals surface area contributed by atoms with E-state index in [1.807, 2.05) is 4.90 Å². The van der Waals surface area contributed by atoms with Gasteiger partial charge in [-0.1, -0.05) is 22.9 Å². The maximum absolute atomic E-state index is 14.8. The number of likely N-dealkylation sites (N-methyl/N-ethyl adjacent to an activating group) is 1. The molecule has 2 aromatic heterocycles. The molecule has 2 aromatic rings. The van der Waals surface area contributed by atoms with Crippen LogP contribution in [0.5, 0.6) is 5.75 Å². The van der Waals surface area contributed by atoms with Gasteiger partial charge in [0.25, 0.3) is 0 Å². The highest BCUT2D eigenvalue weighted by Gasteiger charge is 2.35. The number of aromatic nitrogens is 2. The number of nitrogens with one attached hydrogen (secondary N) is 2. The second kappa shape index (κ2) is 11.4. The van der Waals surface area contributed by atoms with Crippen molar-refractivity contribution in [3.05, 3.63) is 28.9 Å². The molecule has 35 heavy (non-hydrogen) atoms. The lowest BCUT2D eigenvalue weighted by molar-refractivity contribution is 0.133. The zero-order valence-electron chi connectivity index (χ0n) is 19.6. The molecule has 0 saturated carbocycles. The maximum Gasteiger partial charge on any atom is 0.412 e. The number of hydrogen-bond donors (Lipinski definition) is 2. The standard InChI is InChI=1S/C22H29ClFN7O3S/c1-29-8-4-14(5-9-29)27-22(33)34-15-3-7-25-19(11-15)31-10-6-16(24)17(13-31)30(2)21(32)28-20-26-12-18(23)35-20/h3,7,11-12,14,16-17H,4-6,8-10,13H2,1-2H3,(H,27,33)(H,26,28,32)/t16-,17+/m1/s1. The van der Waals surface area contributed by atoms with E-state index in [1.165, 1.54) is 11.1 Å². The molecule has 13 heteroatoms. The second-order valence-electron chi connectivity index (χ2n) is 8.79. The number of anilines is 2. The molecule has 2 aliphatic rings. The topological polar surface area (TPSA) is 103 Å². The fraction of sp³-hybridized carbons (Fsp3) is 0.545. The third kappa shape index (κ3) is 6.71. The van der Waals surface area contributed by atoms with E-state index in [0.717, 1.165) is 37.3 Å². The molecule has 0 bridgehead atoms. The summed E-state index contributed by atoms with van der Waals surface area (Å²) in [6.07, 6.45) is 3.28. The van der Waals surface area contributed by atoms with Gasteiger partial charge < -0.3 is 24.8 Å². The largest absolute Gasteiger partial charge is 0.412 e. The summed E-state index contributed by atoms with van der Waals surface area (Å²) >= 11 is 6.99. The molecule has 4 heterocycles. The molecule has 0 radical (unpaired) electrons. The first kappa shape index (κ1) is 25.4. The van der Waals surface area contributed by atoms with Crippen LogP contribution >= 0.6 is 22.9 Å². The van der Waals surface area contributed by atoms with Crippen molar-refractivity contribution >= 4 is 46.0 Å². The van der Waals surface area contributed by atoms with Gasteiger partial charge in [0.05, 0.1) is 12.2 Å². The van der Waals surface area contributed by atoms with Gasteiger partial charge in [0.15, 0.2) is 5.13 Å². The van der Waals surface area contributed by atoms with Crippen LogP contribution in [0, 0.1) is 0 Å². The van der Waals surface area contributed by atoms with Crippen LogP contribution in [0.3, 0.4) is 0 Å². The molecule has 0 aliphatic carbocycles. The molecule has 0 spiro atoms. The van der Waals surface area contributed by atoms with Gasteiger partial charge in [-0.2, -0.15) is 0 Å². The number of urea groups is 1. The normalized spacial score (nSPS) is 21.4. The van der Waals surface area contributed by atoms with E-state index in [1.54, 1.807) is 25.4 Å². The Labute approximate surface area is 212 Å². The predicted molar refractivity (Wildman–Crippen MR) is 133 cm³/mol. The first-order chi connectivity index (χ1) is 16.8. The van der Waals surface area contributed by atoms with Crippen molar-refractivity contribution in [3.63, 3.8) is 0 Å². The molecule has 0 aromatic carbocycles. The first-order valence-corrected chi connectivity index (χ1v) is 12.6. The number of ether oxygens (including phenoxy) is 1. The second-order valence-corrected chi connectivity index (χ2v) is 10.5. The SMILES string of the molecule is CN1CCC(NC(=O)Oc2ccnc(N3CC[C@@H](F)[C@@H](N(C)C(=O)Nc4ncc(Cl)s4)C3)c2)CC1. The quantitative estimate of drug-likeness (QED) is 0.616. The molecule has 3 amide bonds. The van der Waals surface area contributed by atoms with Crippen LogP contribution in [0.1, 0.15) is 19.3 Å². The van der Waals surface area contributed by atoms with Crippen LogP contribution in [-0.4, -0.2) is 90.4 Å². The summed E-state index contributed by atoms with van der Waals surface area (Å²) < 4.78 is 20.7. The Morgan fingerprint density at radius 2 is 2.03 bits per heavy atom. The van der Waals surface area contributed by atoms with Crippen LogP contribution in [-0.2, 0) is 0 Å².